The van der Waals surface area contributed by atoms with E-state index in [0.717, 1.165) is 16.5 Å². The molecule has 2 aromatic carbocycles. The van der Waals surface area contributed by atoms with Crippen LogP contribution in [0.15, 0.2) is 54.6 Å². The van der Waals surface area contributed by atoms with E-state index in [1.54, 1.807) is 0 Å². The Hall–Kier alpha value is -1.38. The molecular formula is C17H13BrClN. The number of aromatic nitrogens is 1. The zero-order valence-electron chi connectivity index (χ0n) is 11.0. The van der Waals surface area contributed by atoms with Crippen LogP contribution in [0.4, 0.5) is 0 Å². The maximum atomic E-state index is 6.35. The number of alkyl halides is 1. The highest BCUT2D eigenvalue weighted by Gasteiger charge is 2.15. The highest BCUT2D eigenvalue weighted by atomic mass is 79.9. The first-order chi connectivity index (χ1) is 9.65. The normalized spacial score (nSPS) is 12.6. The van der Waals surface area contributed by atoms with Gasteiger partial charge in [0.05, 0.1) is 10.3 Å². The van der Waals surface area contributed by atoms with Crippen molar-refractivity contribution in [2.45, 2.75) is 11.8 Å². The van der Waals surface area contributed by atoms with Gasteiger partial charge in [0, 0.05) is 10.9 Å². The zero-order valence-corrected chi connectivity index (χ0v) is 13.3. The molecule has 0 aliphatic heterocycles. The molecule has 0 radical (unpaired) electrons. The summed E-state index contributed by atoms with van der Waals surface area (Å²) in [6, 6.07) is 18.5. The number of halogens is 2. The van der Waals surface area contributed by atoms with E-state index in [0.29, 0.717) is 5.15 Å². The molecule has 0 fully saturated rings. The fourth-order valence-electron chi connectivity index (χ4n) is 2.27. The van der Waals surface area contributed by atoms with Gasteiger partial charge in [0.15, 0.2) is 0 Å². The molecule has 0 saturated carbocycles. The van der Waals surface area contributed by atoms with E-state index in [4.69, 9.17) is 11.6 Å². The van der Waals surface area contributed by atoms with Gasteiger partial charge >= 0.3 is 0 Å². The summed E-state index contributed by atoms with van der Waals surface area (Å²) >= 11 is 10.1. The summed E-state index contributed by atoms with van der Waals surface area (Å²) in [7, 11) is 0. The van der Waals surface area contributed by atoms with Gasteiger partial charge in [-0.25, -0.2) is 4.98 Å². The van der Waals surface area contributed by atoms with Gasteiger partial charge in [0.2, 0.25) is 0 Å². The Balaban J connectivity index is 2.13. The Morgan fingerprint density at radius 3 is 2.55 bits per heavy atom. The maximum Gasteiger partial charge on any atom is 0.134 e. The van der Waals surface area contributed by atoms with Crippen LogP contribution in [-0.4, -0.2) is 4.98 Å². The monoisotopic (exact) mass is 345 g/mol. The second-order valence-electron chi connectivity index (χ2n) is 4.84. The first kappa shape index (κ1) is 13.6. The van der Waals surface area contributed by atoms with Gasteiger partial charge < -0.3 is 0 Å². The van der Waals surface area contributed by atoms with Crippen molar-refractivity contribution >= 4 is 38.4 Å². The third kappa shape index (κ3) is 2.58. The Bertz CT molecular complexity index is 756. The predicted octanol–water partition coefficient (Wildman–Crippen LogP) is 5.68. The van der Waals surface area contributed by atoms with E-state index in [1.165, 1.54) is 11.1 Å². The first-order valence-corrected chi connectivity index (χ1v) is 7.70. The Labute approximate surface area is 131 Å². The highest BCUT2D eigenvalue weighted by Crippen LogP contribution is 2.36. The first-order valence-electron chi connectivity index (χ1n) is 6.41. The van der Waals surface area contributed by atoms with Gasteiger partial charge in [-0.1, -0.05) is 69.5 Å². The van der Waals surface area contributed by atoms with Crippen molar-refractivity contribution in [3.05, 3.63) is 76.4 Å². The van der Waals surface area contributed by atoms with Crippen LogP contribution in [0.3, 0.4) is 0 Å². The van der Waals surface area contributed by atoms with Crippen molar-refractivity contribution in [1.29, 1.82) is 0 Å². The molecule has 3 heteroatoms. The van der Waals surface area contributed by atoms with Gasteiger partial charge in [0.25, 0.3) is 0 Å². The lowest BCUT2D eigenvalue weighted by Gasteiger charge is -2.13. The van der Waals surface area contributed by atoms with E-state index in [9.17, 15) is 0 Å². The molecule has 1 unspecified atom stereocenters. The molecule has 3 aromatic rings. The number of rotatable bonds is 2. The zero-order chi connectivity index (χ0) is 14.1. The average molecular weight is 347 g/mol. The number of pyridine rings is 1. The number of benzene rings is 2. The minimum absolute atomic E-state index is 0.0496. The second kappa shape index (κ2) is 5.55. The molecule has 20 heavy (non-hydrogen) atoms. The fourth-order valence-corrected chi connectivity index (χ4v) is 3.31. The second-order valence-corrected chi connectivity index (χ2v) is 6.11. The van der Waals surface area contributed by atoms with E-state index < -0.39 is 0 Å². The summed E-state index contributed by atoms with van der Waals surface area (Å²) in [6.07, 6.45) is 0. The third-order valence-corrected chi connectivity index (χ3v) is 4.64. The summed E-state index contributed by atoms with van der Waals surface area (Å²) in [5, 5.41) is 1.66. The largest absolute Gasteiger partial charge is 0.236 e. The maximum absolute atomic E-state index is 6.35. The molecule has 1 heterocycles. The van der Waals surface area contributed by atoms with Crippen LogP contribution >= 0.6 is 27.5 Å². The van der Waals surface area contributed by atoms with Gasteiger partial charge in [0.1, 0.15) is 5.15 Å². The molecular weight excluding hydrogens is 334 g/mol. The van der Waals surface area contributed by atoms with E-state index in [-0.39, 0.29) is 4.83 Å². The summed E-state index contributed by atoms with van der Waals surface area (Å²) in [5.41, 5.74) is 4.31. The lowest BCUT2D eigenvalue weighted by molar-refractivity contribution is 1.15. The SMILES string of the molecule is Cc1ccc2nc(Cl)c(C(Br)c3ccccc3)cc2c1. The quantitative estimate of drug-likeness (QED) is 0.429. The van der Waals surface area contributed by atoms with E-state index in [1.807, 2.05) is 30.3 Å². The Morgan fingerprint density at radius 1 is 1.05 bits per heavy atom. The van der Waals surface area contributed by atoms with Crippen molar-refractivity contribution in [2.75, 3.05) is 0 Å². The van der Waals surface area contributed by atoms with Gasteiger partial charge in [-0.05, 0) is 30.7 Å². The topological polar surface area (TPSA) is 12.9 Å². The Kier molecular flexibility index (Phi) is 3.77. The summed E-state index contributed by atoms with van der Waals surface area (Å²) in [6.45, 7) is 2.08. The number of nitrogens with zero attached hydrogens (tertiary/aromatic N) is 1. The number of hydrogen-bond acceptors (Lipinski definition) is 1. The Morgan fingerprint density at radius 2 is 1.80 bits per heavy atom. The van der Waals surface area contributed by atoms with Crippen molar-refractivity contribution < 1.29 is 0 Å². The fraction of sp³-hybridized carbons (Fsp3) is 0.118. The minimum Gasteiger partial charge on any atom is -0.236 e. The summed E-state index contributed by atoms with van der Waals surface area (Å²) < 4.78 is 0. The molecule has 1 atom stereocenters. The van der Waals surface area contributed by atoms with Gasteiger partial charge in [-0.3, -0.25) is 0 Å². The molecule has 0 aliphatic carbocycles. The lowest BCUT2D eigenvalue weighted by Crippen LogP contribution is -1.96. The standard InChI is InChI=1S/C17H13BrClN/c1-11-7-8-15-13(9-11)10-14(17(19)20-15)16(18)12-5-3-2-4-6-12/h2-10,16H,1H3. The molecule has 0 saturated heterocycles. The lowest BCUT2D eigenvalue weighted by atomic mass is 10.0. The smallest absolute Gasteiger partial charge is 0.134 e. The van der Waals surface area contributed by atoms with E-state index in [2.05, 4.69) is 52.1 Å². The molecule has 1 aromatic heterocycles. The molecule has 100 valence electrons. The van der Waals surface area contributed by atoms with Gasteiger partial charge in [-0.15, -0.1) is 0 Å². The third-order valence-electron chi connectivity index (χ3n) is 3.32. The molecule has 0 spiro atoms. The highest BCUT2D eigenvalue weighted by molar-refractivity contribution is 9.09. The van der Waals surface area contributed by atoms with Crippen LogP contribution in [0.25, 0.3) is 10.9 Å². The average Bonchev–Trinajstić information content (AvgIpc) is 2.47. The van der Waals surface area contributed by atoms with Crippen LogP contribution in [0.5, 0.6) is 0 Å². The number of fused-ring (bicyclic) bond motifs is 1. The van der Waals surface area contributed by atoms with Crippen LogP contribution in [0.1, 0.15) is 21.5 Å². The molecule has 0 N–H and O–H groups in total. The van der Waals surface area contributed by atoms with E-state index >= 15 is 0 Å². The predicted molar refractivity (Wildman–Crippen MR) is 88.7 cm³/mol. The van der Waals surface area contributed by atoms with Crippen molar-refractivity contribution in [2.24, 2.45) is 0 Å². The van der Waals surface area contributed by atoms with Crippen LogP contribution in [0, 0.1) is 6.92 Å². The molecule has 0 amide bonds. The molecule has 0 bridgehead atoms. The van der Waals surface area contributed by atoms with Crippen LogP contribution < -0.4 is 0 Å². The summed E-state index contributed by atoms with van der Waals surface area (Å²) in [5.74, 6) is 0. The van der Waals surface area contributed by atoms with Crippen LogP contribution in [-0.2, 0) is 0 Å². The van der Waals surface area contributed by atoms with Crippen molar-refractivity contribution in [3.63, 3.8) is 0 Å². The van der Waals surface area contributed by atoms with Crippen LogP contribution in [0.2, 0.25) is 5.15 Å². The van der Waals surface area contributed by atoms with Gasteiger partial charge in [-0.2, -0.15) is 0 Å². The molecule has 3 rings (SSSR count). The number of aryl methyl sites for hydroxylation is 1. The molecule has 0 aliphatic rings. The summed E-state index contributed by atoms with van der Waals surface area (Å²) in [4.78, 5) is 4.55. The minimum atomic E-state index is 0.0496. The van der Waals surface area contributed by atoms with Crippen molar-refractivity contribution in [1.82, 2.24) is 4.98 Å². The molecule has 1 nitrogen and oxygen atoms in total. The number of hydrogen-bond donors (Lipinski definition) is 0. The van der Waals surface area contributed by atoms with Crippen molar-refractivity contribution in [3.8, 4) is 0 Å².